The summed E-state index contributed by atoms with van der Waals surface area (Å²) in [6, 6.07) is 70.9. The lowest BCUT2D eigenvalue weighted by molar-refractivity contribution is 0.662. The van der Waals surface area contributed by atoms with Crippen molar-refractivity contribution in [3.05, 3.63) is 210 Å². The highest BCUT2D eigenvalue weighted by molar-refractivity contribution is 6.27. The molecule has 2 aliphatic rings. The number of fused-ring (bicyclic) bond motifs is 14. The van der Waals surface area contributed by atoms with Gasteiger partial charge in [0.1, 0.15) is 0 Å². The third-order valence-electron chi connectivity index (χ3n) is 14.6. The van der Waals surface area contributed by atoms with Crippen LogP contribution in [-0.2, 0) is 25.7 Å². The lowest BCUT2D eigenvalue weighted by atomic mass is 9.73. The monoisotopic (exact) mass is 805 g/mol. The number of anilines is 3. The molecule has 11 aromatic carbocycles. The highest BCUT2D eigenvalue weighted by Crippen LogP contribution is 2.48. The fourth-order valence-electron chi connectivity index (χ4n) is 11.9. The van der Waals surface area contributed by atoms with Crippen molar-refractivity contribution in [3.8, 4) is 22.3 Å². The van der Waals surface area contributed by atoms with Gasteiger partial charge in [-0.05, 0) is 197 Å². The van der Waals surface area contributed by atoms with Gasteiger partial charge >= 0.3 is 0 Å². The Kier molecular flexibility index (Phi) is 8.51. The standard InChI is InChI=1S/C62H47N/c1-2-16-40(17-3-1)61-55-26-12-14-28-57(55)62(58-29-15-13-27-56(58)61)41-30-32-42(33-31-41)63(43-34-36-53-49-22-6-4-18-45(49)47-20-8-10-24-51(47)59(53)38-43)44-35-37-54-50-23-7-5-19-46(50)48-21-9-11-25-52(48)60(54)39-44/h1-11,16-25,30-39H,12-15,26-29H2. The first-order valence-electron chi connectivity index (χ1n) is 23.1. The molecule has 300 valence electrons. The van der Waals surface area contributed by atoms with Crippen molar-refractivity contribution in [3.63, 3.8) is 0 Å². The molecule has 0 bridgehead atoms. The van der Waals surface area contributed by atoms with Gasteiger partial charge in [-0.1, -0.05) is 152 Å². The highest BCUT2D eigenvalue weighted by atomic mass is 15.1. The maximum atomic E-state index is 2.50. The molecule has 0 aromatic heterocycles. The van der Waals surface area contributed by atoms with Crippen molar-refractivity contribution < 1.29 is 0 Å². The Labute approximate surface area is 368 Å². The van der Waals surface area contributed by atoms with Gasteiger partial charge in [-0.2, -0.15) is 0 Å². The van der Waals surface area contributed by atoms with Gasteiger partial charge < -0.3 is 4.90 Å². The summed E-state index contributed by atoms with van der Waals surface area (Å²) < 4.78 is 0. The van der Waals surface area contributed by atoms with Crippen molar-refractivity contribution in [1.82, 2.24) is 0 Å². The summed E-state index contributed by atoms with van der Waals surface area (Å²) in [5.41, 5.74) is 15.8. The molecule has 0 saturated carbocycles. The fourth-order valence-corrected chi connectivity index (χ4v) is 11.9. The molecule has 0 heterocycles. The number of benzene rings is 11. The summed E-state index contributed by atoms with van der Waals surface area (Å²) in [4.78, 5) is 2.50. The molecule has 13 rings (SSSR count). The maximum absolute atomic E-state index is 2.50. The molecule has 63 heavy (non-hydrogen) atoms. The average molecular weight is 806 g/mol. The van der Waals surface area contributed by atoms with Crippen LogP contribution in [0.4, 0.5) is 17.1 Å². The van der Waals surface area contributed by atoms with Crippen LogP contribution in [0.25, 0.3) is 86.9 Å². The van der Waals surface area contributed by atoms with Crippen LogP contribution >= 0.6 is 0 Å². The van der Waals surface area contributed by atoms with Crippen LogP contribution in [0.15, 0.2) is 188 Å². The first-order valence-corrected chi connectivity index (χ1v) is 23.1. The van der Waals surface area contributed by atoms with Crippen molar-refractivity contribution in [2.45, 2.75) is 51.4 Å². The second kappa shape index (κ2) is 14.7. The van der Waals surface area contributed by atoms with Gasteiger partial charge in [0, 0.05) is 17.1 Å². The lowest BCUT2D eigenvalue weighted by Gasteiger charge is -2.32. The Morgan fingerprint density at radius 1 is 0.238 bits per heavy atom. The van der Waals surface area contributed by atoms with Crippen molar-refractivity contribution >= 4 is 81.7 Å². The molecule has 0 saturated heterocycles. The van der Waals surface area contributed by atoms with Crippen LogP contribution < -0.4 is 4.90 Å². The van der Waals surface area contributed by atoms with Crippen LogP contribution in [0.2, 0.25) is 0 Å². The zero-order valence-corrected chi connectivity index (χ0v) is 35.5. The van der Waals surface area contributed by atoms with Crippen LogP contribution in [0, 0.1) is 0 Å². The van der Waals surface area contributed by atoms with E-state index < -0.39 is 0 Å². The van der Waals surface area contributed by atoms with Gasteiger partial charge in [-0.25, -0.2) is 0 Å². The molecule has 0 amide bonds. The normalized spacial score (nSPS) is 13.8. The Morgan fingerprint density at radius 2 is 0.524 bits per heavy atom. The van der Waals surface area contributed by atoms with E-state index in [1.165, 1.54) is 120 Å². The zero-order valence-electron chi connectivity index (χ0n) is 35.5. The summed E-state index contributed by atoms with van der Waals surface area (Å²) in [5, 5.41) is 15.5. The van der Waals surface area contributed by atoms with E-state index in [1.54, 1.807) is 27.8 Å². The summed E-state index contributed by atoms with van der Waals surface area (Å²) >= 11 is 0. The first kappa shape index (κ1) is 36.4. The van der Waals surface area contributed by atoms with Gasteiger partial charge in [0.25, 0.3) is 0 Å². The molecule has 1 heteroatoms. The molecular formula is C62H47N. The van der Waals surface area contributed by atoms with Gasteiger partial charge in [0.15, 0.2) is 0 Å². The van der Waals surface area contributed by atoms with Gasteiger partial charge in [0.2, 0.25) is 0 Å². The lowest BCUT2D eigenvalue weighted by Crippen LogP contribution is -2.15. The number of hydrogen-bond donors (Lipinski definition) is 0. The topological polar surface area (TPSA) is 3.24 Å². The van der Waals surface area contributed by atoms with E-state index in [1.807, 2.05) is 0 Å². The molecule has 0 radical (unpaired) electrons. The average Bonchev–Trinajstić information content (AvgIpc) is 3.36. The fraction of sp³-hybridized carbons (Fsp3) is 0.129. The Morgan fingerprint density at radius 3 is 0.889 bits per heavy atom. The van der Waals surface area contributed by atoms with Crippen molar-refractivity contribution in [1.29, 1.82) is 0 Å². The molecule has 0 fully saturated rings. The summed E-state index contributed by atoms with van der Waals surface area (Å²) in [6.07, 6.45) is 9.72. The molecule has 0 aliphatic heterocycles. The minimum absolute atomic E-state index is 1.15. The Bertz CT molecular complexity index is 3350. The second-order valence-electron chi connectivity index (χ2n) is 18.0. The second-order valence-corrected chi connectivity index (χ2v) is 18.0. The van der Waals surface area contributed by atoms with E-state index >= 15 is 0 Å². The molecule has 11 aromatic rings. The number of rotatable bonds is 5. The minimum atomic E-state index is 1.15. The Hall–Kier alpha value is -7.22. The maximum Gasteiger partial charge on any atom is 0.0468 e. The van der Waals surface area contributed by atoms with Crippen LogP contribution in [-0.4, -0.2) is 0 Å². The van der Waals surface area contributed by atoms with Crippen molar-refractivity contribution in [2.75, 3.05) is 4.90 Å². The third-order valence-corrected chi connectivity index (χ3v) is 14.6. The predicted molar refractivity (Wildman–Crippen MR) is 270 cm³/mol. The largest absolute Gasteiger partial charge is 0.310 e. The van der Waals surface area contributed by atoms with Gasteiger partial charge in [-0.3, -0.25) is 0 Å². The quantitative estimate of drug-likeness (QED) is 0.157. The zero-order chi connectivity index (χ0) is 41.4. The smallest absolute Gasteiger partial charge is 0.0468 e. The summed E-state index contributed by atoms with van der Waals surface area (Å²) in [6.45, 7) is 0. The number of nitrogens with zero attached hydrogens (tertiary/aromatic N) is 1. The van der Waals surface area contributed by atoms with E-state index in [0.29, 0.717) is 0 Å². The van der Waals surface area contributed by atoms with E-state index in [0.717, 1.165) is 29.9 Å². The molecule has 0 N–H and O–H groups in total. The predicted octanol–water partition coefficient (Wildman–Crippen LogP) is 17.2. The minimum Gasteiger partial charge on any atom is -0.310 e. The Balaban J connectivity index is 1.04. The van der Waals surface area contributed by atoms with Crippen LogP contribution in [0.3, 0.4) is 0 Å². The van der Waals surface area contributed by atoms with Crippen molar-refractivity contribution in [2.24, 2.45) is 0 Å². The summed E-state index contributed by atoms with van der Waals surface area (Å²) in [5.74, 6) is 0. The first-order chi connectivity index (χ1) is 31.3. The number of hydrogen-bond acceptors (Lipinski definition) is 1. The molecule has 1 nitrogen and oxygen atoms in total. The van der Waals surface area contributed by atoms with E-state index in [2.05, 4.69) is 193 Å². The molecule has 0 unspecified atom stereocenters. The molecule has 0 spiro atoms. The molecular weight excluding hydrogens is 759 g/mol. The highest BCUT2D eigenvalue weighted by Gasteiger charge is 2.28. The van der Waals surface area contributed by atoms with Crippen LogP contribution in [0.1, 0.15) is 47.9 Å². The van der Waals surface area contributed by atoms with Gasteiger partial charge in [-0.15, -0.1) is 0 Å². The van der Waals surface area contributed by atoms with Gasteiger partial charge in [0.05, 0.1) is 0 Å². The molecule has 0 atom stereocenters. The van der Waals surface area contributed by atoms with E-state index in [9.17, 15) is 0 Å². The van der Waals surface area contributed by atoms with Crippen LogP contribution in [0.5, 0.6) is 0 Å². The SMILES string of the molecule is c1ccc(-c2c3c(c(-c4ccc(N(c5ccc6c7ccccc7c7ccccc7c6c5)c5ccc6c7ccccc7c7ccccc7c6c5)cc4)c4c2CCCC4)CCCC3)cc1. The molecule has 2 aliphatic carbocycles. The third kappa shape index (κ3) is 5.76. The summed E-state index contributed by atoms with van der Waals surface area (Å²) in [7, 11) is 0. The van der Waals surface area contributed by atoms with E-state index in [4.69, 9.17) is 0 Å². The van der Waals surface area contributed by atoms with E-state index in [-0.39, 0.29) is 0 Å².